The summed E-state index contributed by atoms with van der Waals surface area (Å²) >= 11 is 0. The Balaban J connectivity index is 1.14. The maximum atomic E-state index is 12.4. The fourth-order valence-electron chi connectivity index (χ4n) is 4.42. The van der Waals surface area contributed by atoms with Crippen molar-refractivity contribution < 1.29 is 14.3 Å². The SMILES string of the molecule is COc1ccc([C@@H]2Cn3nnc(CN4CCC(NC(=O)c5ccncc5)CC4)c3CO2)cc1. The Kier molecular flexibility index (Phi) is 6.32. The predicted molar refractivity (Wildman–Crippen MR) is 121 cm³/mol. The van der Waals surface area contributed by atoms with E-state index in [2.05, 4.69) is 25.5 Å². The number of rotatable bonds is 6. The van der Waals surface area contributed by atoms with Gasteiger partial charge in [0, 0.05) is 43.6 Å². The van der Waals surface area contributed by atoms with E-state index in [1.54, 1.807) is 31.6 Å². The number of piperidine rings is 1. The molecule has 1 atom stereocenters. The van der Waals surface area contributed by atoms with Gasteiger partial charge in [-0.2, -0.15) is 0 Å². The lowest BCUT2D eigenvalue weighted by atomic mass is 10.0. The van der Waals surface area contributed by atoms with Crippen LogP contribution in [0.5, 0.6) is 5.75 Å². The number of nitrogens with one attached hydrogen (secondary N) is 1. The summed E-state index contributed by atoms with van der Waals surface area (Å²) in [5.41, 5.74) is 3.78. The number of hydrogen-bond acceptors (Lipinski definition) is 7. The summed E-state index contributed by atoms with van der Waals surface area (Å²) in [5.74, 6) is 0.797. The van der Waals surface area contributed by atoms with Gasteiger partial charge < -0.3 is 14.8 Å². The van der Waals surface area contributed by atoms with Crippen molar-refractivity contribution >= 4 is 5.91 Å². The molecule has 5 rings (SSSR count). The average Bonchev–Trinajstić information content (AvgIpc) is 3.27. The standard InChI is InChI=1S/C24H28N6O3/c1-32-20-4-2-17(3-5-20)23-15-30-22(16-33-23)21(27-28-30)14-29-12-8-19(9-13-29)26-24(31)18-6-10-25-11-7-18/h2-7,10-11,19,23H,8-9,12-16H2,1H3,(H,26,31)/t23-/m0/s1. The zero-order chi connectivity index (χ0) is 22.6. The zero-order valence-electron chi connectivity index (χ0n) is 18.7. The van der Waals surface area contributed by atoms with Crippen LogP contribution >= 0.6 is 0 Å². The number of amides is 1. The van der Waals surface area contributed by atoms with Gasteiger partial charge in [0.25, 0.3) is 5.91 Å². The summed E-state index contributed by atoms with van der Waals surface area (Å²) in [4.78, 5) is 18.7. The van der Waals surface area contributed by atoms with Crippen LogP contribution in [0.25, 0.3) is 0 Å². The first-order valence-electron chi connectivity index (χ1n) is 11.3. The lowest BCUT2D eigenvalue weighted by Crippen LogP contribution is -2.44. The molecule has 0 unspecified atom stereocenters. The van der Waals surface area contributed by atoms with Gasteiger partial charge in [0.1, 0.15) is 17.5 Å². The Bertz CT molecular complexity index is 1080. The first kappa shape index (κ1) is 21.5. The van der Waals surface area contributed by atoms with Gasteiger partial charge in [-0.15, -0.1) is 5.10 Å². The molecular weight excluding hydrogens is 420 g/mol. The Labute approximate surface area is 192 Å². The van der Waals surface area contributed by atoms with Crippen molar-refractivity contribution in [3.05, 3.63) is 71.3 Å². The van der Waals surface area contributed by atoms with Crippen molar-refractivity contribution in [1.29, 1.82) is 0 Å². The van der Waals surface area contributed by atoms with Gasteiger partial charge in [-0.3, -0.25) is 14.7 Å². The molecule has 0 saturated carbocycles. The quantitative estimate of drug-likeness (QED) is 0.619. The molecule has 0 radical (unpaired) electrons. The minimum atomic E-state index is -0.0438. The number of benzene rings is 1. The van der Waals surface area contributed by atoms with Crippen molar-refractivity contribution in [2.45, 2.75) is 44.7 Å². The second kappa shape index (κ2) is 9.68. The third kappa shape index (κ3) is 4.89. The molecule has 2 aromatic heterocycles. The molecule has 1 aromatic carbocycles. The maximum Gasteiger partial charge on any atom is 0.251 e. The highest BCUT2D eigenvalue weighted by atomic mass is 16.5. The Morgan fingerprint density at radius 2 is 1.91 bits per heavy atom. The van der Waals surface area contributed by atoms with E-state index in [9.17, 15) is 4.79 Å². The van der Waals surface area contributed by atoms with Crippen molar-refractivity contribution in [3.8, 4) is 5.75 Å². The largest absolute Gasteiger partial charge is 0.497 e. The van der Waals surface area contributed by atoms with Crippen LogP contribution in [0.3, 0.4) is 0 Å². The number of pyridine rings is 1. The van der Waals surface area contributed by atoms with E-state index in [-0.39, 0.29) is 18.1 Å². The summed E-state index contributed by atoms with van der Waals surface area (Å²) in [7, 11) is 1.66. The molecule has 1 N–H and O–H groups in total. The smallest absolute Gasteiger partial charge is 0.251 e. The molecule has 0 bridgehead atoms. The number of hydrogen-bond donors (Lipinski definition) is 1. The Morgan fingerprint density at radius 1 is 1.15 bits per heavy atom. The first-order valence-corrected chi connectivity index (χ1v) is 11.3. The van der Waals surface area contributed by atoms with Gasteiger partial charge in [0.2, 0.25) is 0 Å². The highest BCUT2D eigenvalue weighted by molar-refractivity contribution is 5.94. The van der Waals surface area contributed by atoms with Crippen LogP contribution in [-0.4, -0.2) is 57.0 Å². The predicted octanol–water partition coefficient (Wildman–Crippen LogP) is 2.35. The minimum absolute atomic E-state index is 0.0354. The van der Waals surface area contributed by atoms with Crippen LogP contribution in [0.15, 0.2) is 48.8 Å². The van der Waals surface area contributed by atoms with Gasteiger partial charge in [-0.1, -0.05) is 17.3 Å². The Morgan fingerprint density at radius 3 is 2.64 bits per heavy atom. The van der Waals surface area contributed by atoms with Crippen molar-refractivity contribution in [2.75, 3.05) is 20.2 Å². The summed E-state index contributed by atoms with van der Waals surface area (Å²) in [6.45, 7) is 3.71. The van der Waals surface area contributed by atoms with Crippen molar-refractivity contribution in [1.82, 2.24) is 30.2 Å². The van der Waals surface area contributed by atoms with Crippen LogP contribution < -0.4 is 10.1 Å². The van der Waals surface area contributed by atoms with E-state index in [0.29, 0.717) is 18.7 Å². The molecule has 172 valence electrons. The van der Waals surface area contributed by atoms with E-state index in [0.717, 1.165) is 55.2 Å². The average molecular weight is 449 g/mol. The number of likely N-dealkylation sites (tertiary alicyclic amines) is 1. The number of ether oxygens (including phenoxy) is 2. The van der Waals surface area contributed by atoms with Gasteiger partial charge in [0.05, 0.1) is 26.0 Å². The van der Waals surface area contributed by atoms with Crippen molar-refractivity contribution in [2.24, 2.45) is 0 Å². The molecule has 33 heavy (non-hydrogen) atoms. The molecule has 1 saturated heterocycles. The zero-order valence-corrected chi connectivity index (χ0v) is 18.7. The summed E-state index contributed by atoms with van der Waals surface area (Å²) in [6, 6.07) is 11.6. The normalized spacial score (nSPS) is 19.1. The van der Waals surface area contributed by atoms with Crippen LogP contribution in [-0.2, 0) is 24.4 Å². The first-order chi connectivity index (χ1) is 16.2. The van der Waals surface area contributed by atoms with Crippen LogP contribution in [0.4, 0.5) is 0 Å². The monoisotopic (exact) mass is 448 g/mol. The van der Waals surface area contributed by atoms with Gasteiger partial charge in [-0.25, -0.2) is 4.68 Å². The second-order valence-electron chi connectivity index (χ2n) is 8.50. The highest BCUT2D eigenvalue weighted by Gasteiger charge is 2.27. The summed E-state index contributed by atoms with van der Waals surface area (Å²) in [6.07, 6.45) is 5.06. The van der Waals surface area contributed by atoms with Crippen molar-refractivity contribution in [3.63, 3.8) is 0 Å². The van der Waals surface area contributed by atoms with Crippen LogP contribution in [0, 0.1) is 0 Å². The molecule has 9 nitrogen and oxygen atoms in total. The molecule has 0 spiro atoms. The number of methoxy groups -OCH3 is 1. The topological polar surface area (TPSA) is 94.4 Å². The van der Waals surface area contributed by atoms with E-state index in [4.69, 9.17) is 9.47 Å². The summed E-state index contributed by atoms with van der Waals surface area (Å²) < 4.78 is 13.3. The summed E-state index contributed by atoms with van der Waals surface area (Å²) in [5, 5.41) is 12.0. The number of fused-ring (bicyclic) bond motifs is 1. The molecule has 4 heterocycles. The molecular formula is C24H28N6O3. The van der Waals surface area contributed by atoms with E-state index in [1.165, 1.54) is 0 Å². The third-order valence-corrected chi connectivity index (χ3v) is 6.40. The highest BCUT2D eigenvalue weighted by Crippen LogP contribution is 2.28. The third-order valence-electron chi connectivity index (χ3n) is 6.40. The van der Waals surface area contributed by atoms with Crippen LogP contribution in [0.1, 0.15) is 46.3 Å². The van der Waals surface area contributed by atoms with E-state index in [1.807, 2.05) is 28.9 Å². The number of nitrogens with zero attached hydrogens (tertiary/aromatic N) is 5. The van der Waals surface area contributed by atoms with Gasteiger partial charge >= 0.3 is 0 Å². The molecule has 2 aliphatic heterocycles. The van der Waals surface area contributed by atoms with E-state index >= 15 is 0 Å². The van der Waals surface area contributed by atoms with Gasteiger partial charge in [0.15, 0.2) is 0 Å². The lowest BCUT2D eigenvalue weighted by Gasteiger charge is -2.32. The molecule has 1 fully saturated rings. The van der Waals surface area contributed by atoms with Crippen LogP contribution in [0.2, 0.25) is 0 Å². The lowest BCUT2D eigenvalue weighted by molar-refractivity contribution is -0.00218. The van der Waals surface area contributed by atoms with E-state index < -0.39 is 0 Å². The number of carbonyl (C=O) groups is 1. The fraction of sp³-hybridized carbons (Fsp3) is 0.417. The Hall–Kier alpha value is -3.30. The number of aromatic nitrogens is 4. The van der Waals surface area contributed by atoms with Gasteiger partial charge in [-0.05, 0) is 42.7 Å². The molecule has 1 amide bonds. The fourth-order valence-corrected chi connectivity index (χ4v) is 4.42. The maximum absolute atomic E-state index is 12.4. The second-order valence-corrected chi connectivity index (χ2v) is 8.50. The molecule has 3 aromatic rings. The molecule has 2 aliphatic rings. The molecule has 9 heteroatoms. The number of carbonyl (C=O) groups excluding carboxylic acids is 1. The minimum Gasteiger partial charge on any atom is -0.497 e. The molecule has 0 aliphatic carbocycles.